The second-order valence-electron chi connectivity index (χ2n) is 6.88. The van der Waals surface area contributed by atoms with E-state index >= 15 is 0 Å². The molecule has 1 fully saturated rings. The molecule has 1 atom stereocenters. The molecule has 1 aliphatic rings. The number of carbonyl (C=O) groups excluding carboxylic acids is 1. The third-order valence-electron chi connectivity index (χ3n) is 5.01. The molecule has 1 amide bonds. The summed E-state index contributed by atoms with van der Waals surface area (Å²) in [5.41, 5.74) is 1.94. The second kappa shape index (κ2) is 7.80. The number of anilines is 1. The van der Waals surface area contributed by atoms with Crippen molar-refractivity contribution >= 4 is 11.6 Å². The fourth-order valence-electron chi connectivity index (χ4n) is 3.52. The van der Waals surface area contributed by atoms with E-state index in [9.17, 15) is 13.6 Å². The number of hydrogen-bond donors (Lipinski definition) is 1. The molecule has 0 radical (unpaired) electrons. The fraction of sp³-hybridized carbons (Fsp3) is 0.238. The zero-order chi connectivity index (χ0) is 19.5. The van der Waals surface area contributed by atoms with Gasteiger partial charge in [-0.2, -0.15) is 5.10 Å². The number of carbonyl (C=O) groups is 1. The van der Waals surface area contributed by atoms with Gasteiger partial charge in [-0.3, -0.25) is 4.79 Å². The van der Waals surface area contributed by atoms with Crippen molar-refractivity contribution in [2.75, 3.05) is 24.5 Å². The average molecular weight is 382 g/mol. The van der Waals surface area contributed by atoms with Gasteiger partial charge >= 0.3 is 0 Å². The van der Waals surface area contributed by atoms with Crippen molar-refractivity contribution in [2.24, 2.45) is 5.92 Å². The molecule has 144 valence electrons. The molecule has 0 spiro atoms. The monoisotopic (exact) mass is 382 g/mol. The van der Waals surface area contributed by atoms with Crippen molar-refractivity contribution < 1.29 is 13.6 Å². The minimum atomic E-state index is -0.845. The van der Waals surface area contributed by atoms with E-state index in [0.29, 0.717) is 24.3 Å². The minimum absolute atomic E-state index is 0.155. The van der Waals surface area contributed by atoms with E-state index in [2.05, 4.69) is 10.4 Å². The number of nitrogens with zero attached hydrogens (tertiary/aromatic N) is 3. The Morgan fingerprint density at radius 2 is 2.00 bits per heavy atom. The van der Waals surface area contributed by atoms with Gasteiger partial charge < -0.3 is 10.2 Å². The highest BCUT2D eigenvalue weighted by atomic mass is 19.2. The first kappa shape index (κ1) is 18.2. The molecule has 0 bridgehead atoms. The molecule has 2 heterocycles. The Balaban J connectivity index is 1.38. The summed E-state index contributed by atoms with van der Waals surface area (Å²) < 4.78 is 28.2. The number of amides is 1. The Labute approximate surface area is 161 Å². The van der Waals surface area contributed by atoms with E-state index in [4.69, 9.17) is 0 Å². The number of aromatic nitrogens is 2. The van der Waals surface area contributed by atoms with Gasteiger partial charge in [-0.15, -0.1) is 0 Å². The van der Waals surface area contributed by atoms with Crippen LogP contribution in [-0.4, -0.2) is 35.3 Å². The second-order valence-corrected chi connectivity index (χ2v) is 6.88. The Morgan fingerprint density at radius 3 is 2.79 bits per heavy atom. The van der Waals surface area contributed by atoms with Crippen LogP contribution >= 0.6 is 0 Å². The molecule has 4 rings (SSSR count). The molecule has 2 aromatic carbocycles. The number of nitrogens with one attached hydrogen (secondary N) is 1. The van der Waals surface area contributed by atoms with Crippen molar-refractivity contribution in [1.29, 1.82) is 0 Å². The van der Waals surface area contributed by atoms with Crippen LogP contribution in [0, 0.1) is 17.6 Å². The molecular formula is C21H20F2N4O. The standard InChI is InChI=1S/C21H20F2N4O/c22-18-7-6-16(12-19(18)23)26-11-8-15(14-26)13-24-21(28)17-4-1-2-5-20(17)27-10-3-9-25-27/h1-7,9-10,12,15H,8,11,13-14H2,(H,24,28). The quantitative estimate of drug-likeness (QED) is 0.736. The molecule has 3 aromatic rings. The molecule has 7 heteroatoms. The van der Waals surface area contributed by atoms with E-state index in [1.165, 1.54) is 6.07 Å². The average Bonchev–Trinajstić information content (AvgIpc) is 3.40. The Hall–Kier alpha value is -3.22. The number of rotatable bonds is 5. The van der Waals surface area contributed by atoms with Crippen molar-refractivity contribution in [2.45, 2.75) is 6.42 Å². The van der Waals surface area contributed by atoms with Gasteiger partial charge in [0.25, 0.3) is 5.91 Å². The first-order valence-electron chi connectivity index (χ1n) is 9.19. The predicted molar refractivity (Wildman–Crippen MR) is 103 cm³/mol. The molecule has 5 nitrogen and oxygen atoms in total. The summed E-state index contributed by atoms with van der Waals surface area (Å²) in [7, 11) is 0. The maximum absolute atomic E-state index is 13.5. The number of hydrogen-bond acceptors (Lipinski definition) is 3. The van der Waals surface area contributed by atoms with Gasteiger partial charge in [0.1, 0.15) is 0 Å². The number of halogens is 2. The molecule has 1 unspecified atom stereocenters. The Bertz CT molecular complexity index is 974. The maximum Gasteiger partial charge on any atom is 0.253 e. The van der Waals surface area contributed by atoms with Gasteiger partial charge in [-0.25, -0.2) is 13.5 Å². The summed E-state index contributed by atoms with van der Waals surface area (Å²) in [5, 5.41) is 7.19. The zero-order valence-electron chi connectivity index (χ0n) is 15.2. The van der Waals surface area contributed by atoms with Crippen LogP contribution in [0.25, 0.3) is 5.69 Å². The molecule has 1 aromatic heterocycles. The van der Waals surface area contributed by atoms with E-state index in [0.717, 1.165) is 24.7 Å². The number of para-hydroxylation sites is 1. The lowest BCUT2D eigenvalue weighted by atomic mass is 10.1. The maximum atomic E-state index is 13.5. The van der Waals surface area contributed by atoms with Gasteiger partial charge in [0.2, 0.25) is 0 Å². The minimum Gasteiger partial charge on any atom is -0.371 e. The van der Waals surface area contributed by atoms with Crippen LogP contribution in [0.2, 0.25) is 0 Å². The van der Waals surface area contributed by atoms with Crippen LogP contribution in [0.3, 0.4) is 0 Å². The largest absolute Gasteiger partial charge is 0.371 e. The highest BCUT2D eigenvalue weighted by Crippen LogP contribution is 2.25. The molecule has 28 heavy (non-hydrogen) atoms. The summed E-state index contributed by atoms with van der Waals surface area (Å²) in [5.74, 6) is -1.60. The van der Waals surface area contributed by atoms with Crippen molar-refractivity contribution in [3.05, 3.63) is 78.1 Å². The zero-order valence-corrected chi connectivity index (χ0v) is 15.2. The molecule has 0 aliphatic carbocycles. The molecular weight excluding hydrogens is 362 g/mol. The van der Waals surface area contributed by atoms with E-state index in [1.807, 2.05) is 23.1 Å². The lowest BCUT2D eigenvalue weighted by Crippen LogP contribution is -2.31. The van der Waals surface area contributed by atoms with Gasteiger partial charge in [0, 0.05) is 43.8 Å². The van der Waals surface area contributed by atoms with Crippen LogP contribution < -0.4 is 10.2 Å². The van der Waals surface area contributed by atoms with Crippen molar-refractivity contribution in [3.8, 4) is 5.69 Å². The van der Waals surface area contributed by atoms with Crippen molar-refractivity contribution in [1.82, 2.24) is 15.1 Å². The van der Waals surface area contributed by atoms with Gasteiger partial charge in [0.15, 0.2) is 11.6 Å². The summed E-state index contributed by atoms with van der Waals surface area (Å²) in [4.78, 5) is 14.7. The highest BCUT2D eigenvalue weighted by molar-refractivity contribution is 5.97. The highest BCUT2D eigenvalue weighted by Gasteiger charge is 2.24. The van der Waals surface area contributed by atoms with E-state index in [-0.39, 0.29) is 11.8 Å². The van der Waals surface area contributed by atoms with Gasteiger partial charge in [-0.1, -0.05) is 12.1 Å². The number of benzene rings is 2. The summed E-state index contributed by atoms with van der Waals surface area (Å²) in [6.45, 7) is 1.95. The fourth-order valence-corrected chi connectivity index (χ4v) is 3.52. The lowest BCUT2D eigenvalue weighted by Gasteiger charge is -2.19. The lowest BCUT2D eigenvalue weighted by molar-refractivity contribution is 0.0948. The molecule has 1 saturated heterocycles. The van der Waals surface area contributed by atoms with Crippen LogP contribution in [0.4, 0.5) is 14.5 Å². The van der Waals surface area contributed by atoms with Crippen LogP contribution in [0.1, 0.15) is 16.8 Å². The first-order chi connectivity index (χ1) is 13.6. The topological polar surface area (TPSA) is 50.2 Å². The van der Waals surface area contributed by atoms with Gasteiger partial charge in [-0.05, 0) is 42.7 Å². The first-order valence-corrected chi connectivity index (χ1v) is 9.19. The smallest absolute Gasteiger partial charge is 0.253 e. The summed E-state index contributed by atoms with van der Waals surface area (Å²) in [6, 6.07) is 13.1. The van der Waals surface area contributed by atoms with E-state index < -0.39 is 11.6 Å². The Kier molecular flexibility index (Phi) is 5.06. The molecule has 1 aliphatic heterocycles. The van der Waals surface area contributed by atoms with Crippen molar-refractivity contribution in [3.63, 3.8) is 0 Å². The van der Waals surface area contributed by atoms with E-state index in [1.54, 1.807) is 35.3 Å². The third-order valence-corrected chi connectivity index (χ3v) is 5.01. The summed E-state index contributed by atoms with van der Waals surface area (Å²) >= 11 is 0. The SMILES string of the molecule is O=C(NCC1CCN(c2ccc(F)c(F)c2)C1)c1ccccc1-n1cccn1. The molecule has 1 N–H and O–H groups in total. The Morgan fingerprint density at radius 1 is 1.14 bits per heavy atom. The normalized spacial score (nSPS) is 16.4. The molecule has 0 saturated carbocycles. The van der Waals surface area contributed by atoms with Crippen LogP contribution in [-0.2, 0) is 0 Å². The third kappa shape index (κ3) is 3.74. The van der Waals surface area contributed by atoms with Gasteiger partial charge in [0.05, 0.1) is 11.3 Å². The van der Waals surface area contributed by atoms with Crippen LogP contribution in [0.15, 0.2) is 60.9 Å². The predicted octanol–water partition coefficient (Wildman–Crippen LogP) is 3.41. The summed E-state index contributed by atoms with van der Waals surface area (Å²) in [6.07, 6.45) is 4.34. The van der Waals surface area contributed by atoms with Crippen LogP contribution in [0.5, 0.6) is 0 Å².